The van der Waals surface area contributed by atoms with Crippen LogP contribution in [0.15, 0.2) is 87.4 Å². The van der Waals surface area contributed by atoms with Gasteiger partial charge in [-0.2, -0.15) is 0 Å². The van der Waals surface area contributed by atoms with Gasteiger partial charge in [-0.1, -0.05) is 0 Å². The SMILES string of the molecule is CC(C)OC(=O)[C@@H](C)NP1(=O)OC[C@H]2O[C@@H](n3ccc(=O)[nH]c3=O)[C@](C)(Cl)[C@@H]2O1.CC(C)OC(=O)[C@@H](C)NP1(=O)OC[C@H]2O[C@@H](n3ccc(=O)[nH]c3=O)[C@](C)(Cl)[C@@H]2O1.CC(C)OC(=O)[C@@H](C)N[P@@]1(=O)OC[C@H]2O[C@@H](n3ccc(=O)[nH]c3=O)[C@](C)(Cl)[C@@H]2O1.CC(C)OC(=O)[C@@H](C)N[P@]1(=O)OC[C@H]2O[C@@H](n3ccc(=O)[nH]c3=O)[C@](C)(Cl)[C@@H]2O1. The topological polar surface area (TPSA) is 552 Å². The normalized spacial score (nSPS) is 35.3. The van der Waals surface area contributed by atoms with Crippen molar-refractivity contribution in [1.29, 1.82) is 0 Å². The first-order valence-corrected chi connectivity index (χ1v) is 43.7. The van der Waals surface area contributed by atoms with Gasteiger partial charge < -0.3 is 37.9 Å². The molecule has 8 aliphatic rings. The summed E-state index contributed by atoms with van der Waals surface area (Å²) in [4.78, 5) is 145. The van der Waals surface area contributed by atoms with Crippen LogP contribution in [-0.4, -0.2) is 205 Å². The van der Waals surface area contributed by atoms with Crippen molar-refractivity contribution in [2.45, 2.75) is 253 Å². The second-order valence-electron chi connectivity index (χ2n) is 29.4. The fourth-order valence-electron chi connectivity index (χ4n) is 12.7. The van der Waals surface area contributed by atoms with Gasteiger partial charge in [-0.3, -0.25) is 113 Å². The van der Waals surface area contributed by atoms with E-state index in [0.29, 0.717) is 0 Å². The van der Waals surface area contributed by atoms with Gasteiger partial charge in [-0.25, -0.2) is 57.8 Å². The highest BCUT2D eigenvalue weighted by Crippen LogP contribution is 2.61. The zero-order valence-electron chi connectivity index (χ0n) is 65.1. The molecule has 0 saturated carbocycles. The van der Waals surface area contributed by atoms with Crippen molar-refractivity contribution in [3.8, 4) is 0 Å². The number of H-pyrrole nitrogens is 4. The van der Waals surface area contributed by atoms with Crippen LogP contribution in [0, 0.1) is 0 Å². The lowest BCUT2D eigenvalue weighted by Gasteiger charge is -2.36. The Bertz CT molecular complexity index is 4380. The third-order valence-electron chi connectivity index (χ3n) is 18.0. The summed E-state index contributed by atoms with van der Waals surface area (Å²) in [7, 11) is -15.7. The standard InChI is InChI=1S/4C16H23ClN3O8P/c4*1-8(2)26-13(22)9(3)19-29(24)25-7-10-12(28-29)16(4,17)14(27-10)20-6-5-11(21)18-15(20)23/h4*5-6,8-10,12,14H,7H2,1-4H3,(H,19,24)(H,18,21,23)/t2*9-,10-,12-,14-,16-,29?;9-,10-,12-,14-,16-,29+;9-,10-,12-,14-,16-,29-/m1111/s1. The van der Waals surface area contributed by atoms with Gasteiger partial charge in [0.15, 0.2) is 24.9 Å². The summed E-state index contributed by atoms with van der Waals surface area (Å²) in [6.45, 7) is 25.1. The molecule has 0 amide bonds. The molecule has 24 atom stereocenters. The number of nitrogens with zero attached hydrogens (tertiary/aromatic N) is 4. The summed E-state index contributed by atoms with van der Waals surface area (Å²) in [5, 5.41) is 10.1. The largest absolute Gasteiger partial charge is 0.462 e. The second kappa shape index (κ2) is 36.8. The number of carbonyl (C=O) groups excluding carboxylic acids is 4. The number of alkyl halides is 4. The molecule has 0 aliphatic carbocycles. The van der Waals surface area contributed by atoms with Gasteiger partial charge in [0.2, 0.25) is 0 Å². The van der Waals surface area contributed by atoms with E-state index in [0.717, 1.165) is 42.5 Å². The highest BCUT2D eigenvalue weighted by atomic mass is 35.5. The predicted octanol–water partition coefficient (Wildman–Crippen LogP) is 3.54. The number of carbonyl (C=O) groups is 4. The Morgan fingerprint density at radius 2 is 0.534 bits per heavy atom. The zero-order valence-corrected chi connectivity index (χ0v) is 71.7. The number of halogens is 4. The molecule has 4 aromatic heterocycles. The van der Waals surface area contributed by atoms with Crippen molar-refractivity contribution >= 4 is 101 Å². The highest BCUT2D eigenvalue weighted by molar-refractivity contribution is 7.52. The summed E-state index contributed by atoms with van der Waals surface area (Å²) < 4.78 is 144. The van der Waals surface area contributed by atoms with Gasteiger partial charge in [0.25, 0.3) is 22.2 Å². The van der Waals surface area contributed by atoms with E-state index in [-0.39, 0.29) is 50.8 Å². The Morgan fingerprint density at radius 3 is 0.690 bits per heavy atom. The van der Waals surface area contributed by atoms with Gasteiger partial charge in [0, 0.05) is 49.1 Å². The smallest absolute Gasteiger partial charge is 0.406 e. The number of nitrogens with one attached hydrogen (secondary N) is 8. The fraction of sp³-hybridized carbons (Fsp3) is 0.688. The van der Waals surface area contributed by atoms with Gasteiger partial charge in [-0.05, 0) is 111 Å². The predicted molar refractivity (Wildman–Crippen MR) is 407 cm³/mol. The van der Waals surface area contributed by atoms with E-state index in [2.05, 4.69) is 40.3 Å². The molecule has 52 heteroatoms. The van der Waals surface area contributed by atoms with Gasteiger partial charge >= 0.3 is 77.6 Å². The van der Waals surface area contributed by atoms with E-state index in [9.17, 15) is 75.8 Å². The summed E-state index contributed by atoms with van der Waals surface area (Å²) >= 11 is 26.6. The third-order valence-corrected chi connectivity index (χ3v) is 26.4. The molecular formula is C64H92Cl4N12O32P4. The van der Waals surface area contributed by atoms with Gasteiger partial charge in [0.05, 0.1) is 50.8 Å². The molecule has 44 nitrogen and oxygen atoms in total. The van der Waals surface area contributed by atoms with Crippen molar-refractivity contribution in [1.82, 2.24) is 58.6 Å². The Kier molecular flexibility index (Phi) is 29.8. The molecular weight excluding hydrogens is 1710 g/mol. The molecule has 8 fully saturated rings. The van der Waals surface area contributed by atoms with Crippen LogP contribution in [0.4, 0.5) is 0 Å². The van der Waals surface area contributed by atoms with Crippen LogP contribution in [0.2, 0.25) is 0 Å². The molecule has 0 aromatic carbocycles. The monoisotopic (exact) mass is 1800 g/mol. The van der Waals surface area contributed by atoms with Crippen LogP contribution in [0.5, 0.6) is 0 Å². The minimum Gasteiger partial charge on any atom is -0.462 e. The highest BCUT2D eigenvalue weighted by Gasteiger charge is 2.64. The summed E-state index contributed by atoms with van der Waals surface area (Å²) in [5.74, 6) is -2.45. The Labute approximate surface area is 679 Å². The average Bonchev–Trinajstić information content (AvgIpc) is 1.61. The van der Waals surface area contributed by atoms with Crippen LogP contribution >= 0.6 is 77.4 Å². The lowest BCUT2D eigenvalue weighted by atomic mass is 10.0. The molecule has 8 saturated heterocycles. The minimum absolute atomic E-state index is 0.141. The number of fused-ring (bicyclic) bond motifs is 4. The van der Waals surface area contributed by atoms with Crippen molar-refractivity contribution in [3.05, 3.63) is 132 Å². The van der Waals surface area contributed by atoms with E-state index >= 15 is 0 Å². The third kappa shape index (κ3) is 21.8. The maximum Gasteiger partial charge on any atom is 0.406 e. The van der Waals surface area contributed by atoms with E-state index < -0.39 is 217 Å². The lowest BCUT2D eigenvalue weighted by molar-refractivity contribution is -0.150. The molecule has 12 rings (SSSR count). The first-order valence-electron chi connectivity index (χ1n) is 36.0. The maximum absolute atomic E-state index is 13.0. The zero-order chi connectivity index (χ0) is 86.2. The number of aromatic amines is 4. The Morgan fingerprint density at radius 1 is 0.362 bits per heavy atom. The first-order chi connectivity index (χ1) is 53.7. The molecule has 8 N–H and O–H groups in total. The molecule has 8 aliphatic heterocycles. The van der Waals surface area contributed by atoms with Crippen LogP contribution in [0.3, 0.4) is 0 Å². The van der Waals surface area contributed by atoms with Crippen molar-refractivity contribution in [3.63, 3.8) is 0 Å². The number of rotatable bonds is 20. The lowest BCUT2D eigenvalue weighted by Crippen LogP contribution is -2.47. The Balaban J connectivity index is 0.000000177. The van der Waals surface area contributed by atoms with Crippen LogP contribution in [0.25, 0.3) is 0 Å². The van der Waals surface area contributed by atoms with Crippen molar-refractivity contribution in [2.24, 2.45) is 0 Å². The van der Waals surface area contributed by atoms with Gasteiger partial charge in [0.1, 0.15) is 92.5 Å². The second-order valence-corrected chi connectivity index (χ2v) is 39.6. The molecule has 648 valence electrons. The molecule has 0 radical (unpaired) electrons. The van der Waals surface area contributed by atoms with E-state index in [1.165, 1.54) is 52.5 Å². The summed E-state index contributed by atoms with van der Waals surface area (Å²) in [5.41, 5.74) is -5.08. The number of ether oxygens (including phenoxy) is 8. The summed E-state index contributed by atoms with van der Waals surface area (Å²) in [6.07, 6.45) is -6.94. The maximum atomic E-state index is 13.0. The minimum atomic E-state index is -3.92. The molecule has 12 heterocycles. The quantitative estimate of drug-likeness (QED) is 0.0271. The van der Waals surface area contributed by atoms with Crippen molar-refractivity contribution < 1.29 is 112 Å². The van der Waals surface area contributed by atoms with Crippen LogP contribution in [0.1, 0.15) is 136 Å². The van der Waals surface area contributed by atoms with Crippen molar-refractivity contribution in [2.75, 3.05) is 26.4 Å². The van der Waals surface area contributed by atoms with Crippen LogP contribution < -0.4 is 65.3 Å². The van der Waals surface area contributed by atoms with Gasteiger partial charge in [-0.15, -0.1) is 46.4 Å². The molecule has 0 spiro atoms. The molecule has 0 bridgehead atoms. The number of hydrogen-bond acceptors (Lipinski definition) is 32. The summed E-state index contributed by atoms with van der Waals surface area (Å²) in [6, 6.07) is 0.805. The molecule has 4 aromatic rings. The van der Waals surface area contributed by atoms with Crippen LogP contribution in [-0.2, 0) is 112 Å². The van der Waals surface area contributed by atoms with E-state index in [4.69, 9.17) is 120 Å². The number of esters is 4. The molecule has 2 unspecified atom stereocenters. The number of aromatic nitrogens is 8. The Hall–Kier alpha value is -5.96. The van der Waals surface area contributed by atoms with E-state index in [1.807, 2.05) is 0 Å². The number of hydrogen-bond donors (Lipinski definition) is 8. The fourth-order valence-corrected chi connectivity index (χ4v) is 21.4. The first kappa shape index (κ1) is 93.9. The molecule has 116 heavy (non-hydrogen) atoms. The average molecular weight is 1810 g/mol. The van der Waals surface area contributed by atoms with E-state index in [1.54, 1.807) is 83.1 Å².